The van der Waals surface area contributed by atoms with Crippen molar-refractivity contribution in [3.05, 3.63) is 70.6 Å². The third-order valence-corrected chi connectivity index (χ3v) is 5.52. The lowest BCUT2D eigenvalue weighted by Crippen LogP contribution is -2.25. The van der Waals surface area contributed by atoms with E-state index in [0.29, 0.717) is 17.8 Å². The van der Waals surface area contributed by atoms with Gasteiger partial charge < -0.3 is 0 Å². The normalized spacial score (nSPS) is 11.4. The average Bonchev–Trinajstić information content (AvgIpc) is 3.14. The standard InChI is InChI=1S/C22H21N3OS/c1-14(2)13-25-22(26)17-7-5-4-6-16(17)21(24-25)20-11-10-19(27-20)18-9-8-15(3)12-23-18/h4-12,14H,13H2,1-3H3. The molecule has 0 unspecified atom stereocenters. The average molecular weight is 375 g/mol. The molecule has 0 aliphatic rings. The van der Waals surface area contributed by atoms with Gasteiger partial charge in [-0.25, -0.2) is 4.68 Å². The third-order valence-electron chi connectivity index (χ3n) is 4.41. The van der Waals surface area contributed by atoms with Crippen molar-refractivity contribution in [2.24, 2.45) is 5.92 Å². The van der Waals surface area contributed by atoms with Gasteiger partial charge in [0.15, 0.2) is 0 Å². The summed E-state index contributed by atoms with van der Waals surface area (Å²) in [6.07, 6.45) is 1.88. The van der Waals surface area contributed by atoms with Crippen LogP contribution in [0.3, 0.4) is 0 Å². The Bertz CT molecular complexity index is 1160. The van der Waals surface area contributed by atoms with Crippen molar-refractivity contribution in [1.29, 1.82) is 0 Å². The Hall–Kier alpha value is -2.79. The number of thiophene rings is 1. The Balaban J connectivity index is 1.87. The lowest BCUT2D eigenvalue weighted by atomic mass is 10.1. The van der Waals surface area contributed by atoms with Gasteiger partial charge in [-0.2, -0.15) is 5.10 Å². The minimum absolute atomic E-state index is 0.0277. The number of fused-ring (bicyclic) bond motifs is 1. The number of rotatable bonds is 4. The van der Waals surface area contributed by atoms with Crippen LogP contribution in [0.15, 0.2) is 59.5 Å². The molecule has 136 valence electrons. The zero-order valence-corrected chi connectivity index (χ0v) is 16.5. The van der Waals surface area contributed by atoms with Gasteiger partial charge >= 0.3 is 0 Å². The predicted octanol–water partition coefficient (Wildman–Crippen LogP) is 5.15. The Morgan fingerprint density at radius 1 is 1.00 bits per heavy atom. The molecule has 0 amide bonds. The summed E-state index contributed by atoms with van der Waals surface area (Å²) in [6.45, 7) is 6.82. The predicted molar refractivity (Wildman–Crippen MR) is 112 cm³/mol. The summed E-state index contributed by atoms with van der Waals surface area (Å²) >= 11 is 1.65. The molecule has 0 aliphatic heterocycles. The van der Waals surface area contributed by atoms with Crippen LogP contribution >= 0.6 is 11.3 Å². The lowest BCUT2D eigenvalue weighted by Gasteiger charge is -2.11. The monoisotopic (exact) mass is 375 g/mol. The summed E-state index contributed by atoms with van der Waals surface area (Å²) in [5, 5.41) is 6.34. The third kappa shape index (κ3) is 3.43. The first-order valence-corrected chi connectivity index (χ1v) is 9.87. The first kappa shape index (κ1) is 17.6. The van der Waals surface area contributed by atoms with Crippen LogP contribution in [0, 0.1) is 12.8 Å². The minimum Gasteiger partial charge on any atom is -0.267 e. The van der Waals surface area contributed by atoms with E-state index >= 15 is 0 Å². The number of pyridine rings is 1. The molecule has 1 aromatic carbocycles. The van der Waals surface area contributed by atoms with Crippen LogP contribution in [0.2, 0.25) is 0 Å². The molecule has 0 bridgehead atoms. The van der Waals surface area contributed by atoms with Gasteiger partial charge in [0.05, 0.1) is 20.8 Å². The molecular weight excluding hydrogens is 354 g/mol. The fraction of sp³-hybridized carbons (Fsp3) is 0.227. The molecule has 5 heteroatoms. The number of aryl methyl sites for hydroxylation is 1. The van der Waals surface area contributed by atoms with E-state index < -0.39 is 0 Å². The highest BCUT2D eigenvalue weighted by molar-refractivity contribution is 7.18. The first-order valence-electron chi connectivity index (χ1n) is 9.06. The number of nitrogens with zero attached hydrogens (tertiary/aromatic N) is 3. The van der Waals surface area contributed by atoms with Gasteiger partial charge in [-0.3, -0.25) is 9.78 Å². The largest absolute Gasteiger partial charge is 0.274 e. The van der Waals surface area contributed by atoms with Crippen molar-refractivity contribution >= 4 is 22.1 Å². The fourth-order valence-electron chi connectivity index (χ4n) is 3.10. The van der Waals surface area contributed by atoms with Crippen LogP contribution in [0.25, 0.3) is 31.9 Å². The molecule has 4 rings (SSSR count). The second-order valence-electron chi connectivity index (χ2n) is 7.16. The van der Waals surface area contributed by atoms with E-state index in [1.165, 1.54) is 0 Å². The van der Waals surface area contributed by atoms with Crippen molar-refractivity contribution < 1.29 is 0 Å². The molecular formula is C22H21N3OS. The summed E-state index contributed by atoms with van der Waals surface area (Å²) in [4.78, 5) is 19.5. The highest BCUT2D eigenvalue weighted by Crippen LogP contribution is 2.35. The Labute approximate surface area is 162 Å². The lowest BCUT2D eigenvalue weighted by molar-refractivity contribution is 0.468. The maximum absolute atomic E-state index is 12.8. The fourth-order valence-corrected chi connectivity index (χ4v) is 4.08. The van der Waals surface area contributed by atoms with E-state index in [9.17, 15) is 4.79 Å². The molecule has 3 heterocycles. The summed E-state index contributed by atoms with van der Waals surface area (Å²) in [7, 11) is 0. The van der Waals surface area contributed by atoms with E-state index in [1.54, 1.807) is 16.0 Å². The SMILES string of the molecule is Cc1ccc(-c2ccc(-c3nn(CC(C)C)c(=O)c4ccccc34)s2)nc1. The zero-order chi connectivity index (χ0) is 19.0. The van der Waals surface area contributed by atoms with Gasteiger partial charge in [-0.1, -0.05) is 38.1 Å². The van der Waals surface area contributed by atoms with Crippen LogP contribution < -0.4 is 5.56 Å². The molecule has 4 nitrogen and oxygen atoms in total. The molecule has 0 fully saturated rings. The molecule has 0 saturated heterocycles. The molecule has 0 atom stereocenters. The molecule has 0 spiro atoms. The maximum atomic E-state index is 12.8. The topological polar surface area (TPSA) is 47.8 Å². The molecule has 27 heavy (non-hydrogen) atoms. The second kappa shape index (κ2) is 7.08. The quantitative estimate of drug-likeness (QED) is 0.495. The second-order valence-corrected chi connectivity index (χ2v) is 8.24. The van der Waals surface area contributed by atoms with Gasteiger partial charge in [-0.05, 0) is 42.7 Å². The minimum atomic E-state index is -0.0277. The zero-order valence-electron chi connectivity index (χ0n) is 15.6. The van der Waals surface area contributed by atoms with Crippen molar-refractivity contribution in [1.82, 2.24) is 14.8 Å². The van der Waals surface area contributed by atoms with Crippen LogP contribution in [-0.2, 0) is 6.54 Å². The number of hydrogen-bond donors (Lipinski definition) is 0. The van der Waals surface area contributed by atoms with E-state index in [2.05, 4.69) is 37.0 Å². The molecule has 0 saturated carbocycles. The molecule has 0 aliphatic carbocycles. The Morgan fingerprint density at radius 3 is 2.44 bits per heavy atom. The highest BCUT2D eigenvalue weighted by Gasteiger charge is 2.15. The maximum Gasteiger partial charge on any atom is 0.274 e. The van der Waals surface area contributed by atoms with Crippen LogP contribution in [0.5, 0.6) is 0 Å². The summed E-state index contributed by atoms with van der Waals surface area (Å²) in [5.41, 5.74) is 2.93. The number of benzene rings is 1. The van der Waals surface area contributed by atoms with Crippen LogP contribution in [-0.4, -0.2) is 14.8 Å². The van der Waals surface area contributed by atoms with Gasteiger partial charge in [0.25, 0.3) is 5.56 Å². The molecule has 0 radical (unpaired) electrons. The molecule has 4 aromatic rings. The van der Waals surface area contributed by atoms with Crippen molar-refractivity contribution in [2.45, 2.75) is 27.3 Å². The van der Waals surface area contributed by atoms with Crippen LogP contribution in [0.4, 0.5) is 0 Å². The van der Waals surface area contributed by atoms with Gasteiger partial charge in [-0.15, -0.1) is 11.3 Å². The van der Waals surface area contributed by atoms with E-state index in [0.717, 1.165) is 32.1 Å². The Morgan fingerprint density at radius 2 is 1.74 bits per heavy atom. The van der Waals surface area contributed by atoms with Gasteiger partial charge in [0.2, 0.25) is 0 Å². The smallest absolute Gasteiger partial charge is 0.267 e. The number of hydrogen-bond acceptors (Lipinski definition) is 4. The van der Waals surface area contributed by atoms with Crippen molar-refractivity contribution in [3.8, 4) is 21.1 Å². The summed E-state index contributed by atoms with van der Waals surface area (Å²) < 4.78 is 1.60. The molecule has 3 aromatic heterocycles. The highest BCUT2D eigenvalue weighted by atomic mass is 32.1. The van der Waals surface area contributed by atoms with Gasteiger partial charge in [0.1, 0.15) is 5.69 Å². The number of aromatic nitrogens is 3. The van der Waals surface area contributed by atoms with Crippen molar-refractivity contribution in [3.63, 3.8) is 0 Å². The summed E-state index contributed by atoms with van der Waals surface area (Å²) in [6, 6.07) is 16.0. The van der Waals surface area contributed by atoms with E-state index in [4.69, 9.17) is 5.10 Å². The van der Waals surface area contributed by atoms with Crippen LogP contribution in [0.1, 0.15) is 19.4 Å². The van der Waals surface area contributed by atoms with Crippen molar-refractivity contribution in [2.75, 3.05) is 0 Å². The summed E-state index contributed by atoms with van der Waals surface area (Å²) in [5.74, 6) is 0.347. The Kier molecular flexibility index (Phi) is 4.62. The van der Waals surface area contributed by atoms with E-state index in [1.807, 2.05) is 43.5 Å². The first-order chi connectivity index (χ1) is 13.0. The van der Waals surface area contributed by atoms with Gasteiger partial charge in [0, 0.05) is 18.1 Å². The molecule has 0 N–H and O–H groups in total. The van der Waals surface area contributed by atoms with E-state index in [-0.39, 0.29) is 5.56 Å².